The number of nitro groups is 1. The first-order valence-corrected chi connectivity index (χ1v) is 3.91. The molecule has 11 heavy (non-hydrogen) atoms. The van der Waals surface area contributed by atoms with Crippen LogP contribution >= 0.6 is 34.8 Å². The van der Waals surface area contributed by atoms with Crippen LogP contribution in [0.3, 0.4) is 0 Å². The first-order chi connectivity index (χ1) is 4.95. The second-order valence-electron chi connectivity index (χ2n) is 2.00. The van der Waals surface area contributed by atoms with Crippen molar-refractivity contribution in [3.05, 3.63) is 19.6 Å². The van der Waals surface area contributed by atoms with Crippen LogP contribution in [0, 0.1) is 10.1 Å². The molecule has 1 unspecified atom stereocenters. The van der Waals surface area contributed by atoms with Gasteiger partial charge in [0.2, 0.25) is 6.04 Å². The molecule has 0 spiro atoms. The van der Waals surface area contributed by atoms with Crippen LogP contribution in [-0.2, 0) is 0 Å². The van der Waals surface area contributed by atoms with Crippen LogP contribution in [0.5, 0.6) is 0 Å². The first kappa shape index (κ1) is 11.0. The average molecular weight is 218 g/mol. The van der Waals surface area contributed by atoms with Gasteiger partial charge in [-0.3, -0.25) is 10.1 Å². The molecular formula is C5H6Cl3NO2. The lowest BCUT2D eigenvalue weighted by Crippen LogP contribution is -2.14. The lowest BCUT2D eigenvalue weighted by molar-refractivity contribution is -0.517. The molecular weight excluding hydrogens is 212 g/mol. The standard InChI is InChI=1S/C5H6Cl3NO2/c1-3(9(10)11)2-4(6)5(7)8/h3H,2H2,1H3. The van der Waals surface area contributed by atoms with E-state index in [9.17, 15) is 10.1 Å². The summed E-state index contributed by atoms with van der Waals surface area (Å²) in [6.45, 7) is 1.43. The molecule has 0 amide bonds. The number of halogens is 3. The van der Waals surface area contributed by atoms with E-state index in [-0.39, 0.29) is 15.9 Å². The summed E-state index contributed by atoms with van der Waals surface area (Å²) in [7, 11) is 0. The van der Waals surface area contributed by atoms with Crippen LogP contribution in [0.25, 0.3) is 0 Å². The number of hydrogen-bond acceptors (Lipinski definition) is 2. The zero-order valence-corrected chi connectivity index (χ0v) is 7.95. The zero-order chi connectivity index (χ0) is 9.02. The Hall–Kier alpha value is 0.01000. The van der Waals surface area contributed by atoms with Gasteiger partial charge in [-0.15, -0.1) is 0 Å². The van der Waals surface area contributed by atoms with Gasteiger partial charge < -0.3 is 0 Å². The fraction of sp³-hybridized carbons (Fsp3) is 0.600. The summed E-state index contributed by atoms with van der Waals surface area (Å²) in [6.07, 6.45) is 0.0664. The van der Waals surface area contributed by atoms with Crippen LogP contribution in [-0.4, -0.2) is 11.0 Å². The van der Waals surface area contributed by atoms with Crippen molar-refractivity contribution in [1.82, 2.24) is 0 Å². The van der Waals surface area contributed by atoms with E-state index in [0.29, 0.717) is 0 Å². The molecule has 0 aromatic heterocycles. The van der Waals surface area contributed by atoms with Gasteiger partial charge in [0.05, 0.1) is 11.5 Å². The molecule has 6 heteroatoms. The van der Waals surface area contributed by atoms with Crippen molar-refractivity contribution >= 4 is 34.8 Å². The Balaban J connectivity index is 4.06. The largest absolute Gasteiger partial charge is 0.264 e. The lowest BCUT2D eigenvalue weighted by Gasteiger charge is -2.01. The van der Waals surface area contributed by atoms with Gasteiger partial charge in [0, 0.05) is 11.8 Å². The van der Waals surface area contributed by atoms with Crippen molar-refractivity contribution in [3.8, 4) is 0 Å². The highest BCUT2D eigenvalue weighted by molar-refractivity contribution is 6.59. The van der Waals surface area contributed by atoms with E-state index in [1.807, 2.05) is 0 Å². The number of hydrogen-bond donors (Lipinski definition) is 0. The van der Waals surface area contributed by atoms with Crippen molar-refractivity contribution in [2.75, 3.05) is 0 Å². The molecule has 0 aliphatic heterocycles. The van der Waals surface area contributed by atoms with Gasteiger partial charge >= 0.3 is 0 Å². The normalized spacial score (nSPS) is 12.4. The van der Waals surface area contributed by atoms with E-state index < -0.39 is 11.0 Å². The van der Waals surface area contributed by atoms with E-state index in [1.165, 1.54) is 6.92 Å². The highest BCUT2D eigenvalue weighted by atomic mass is 35.5. The predicted molar refractivity (Wildman–Crippen MR) is 45.7 cm³/mol. The van der Waals surface area contributed by atoms with E-state index >= 15 is 0 Å². The predicted octanol–water partition coefficient (Wildman–Crippen LogP) is 2.93. The van der Waals surface area contributed by atoms with Gasteiger partial charge in [-0.1, -0.05) is 34.8 Å². The minimum atomic E-state index is -0.755. The Morgan fingerprint density at radius 3 is 2.27 bits per heavy atom. The molecule has 0 rings (SSSR count). The Bertz CT molecular complexity index is 188. The van der Waals surface area contributed by atoms with E-state index in [2.05, 4.69) is 0 Å². The van der Waals surface area contributed by atoms with Crippen molar-refractivity contribution in [2.24, 2.45) is 0 Å². The SMILES string of the molecule is CC(CC(Cl)=C(Cl)Cl)[N+](=O)[O-]. The maximum Gasteiger partial charge on any atom is 0.215 e. The van der Waals surface area contributed by atoms with Crippen LogP contribution in [0.4, 0.5) is 0 Å². The van der Waals surface area contributed by atoms with Crippen LogP contribution in [0.15, 0.2) is 9.52 Å². The Morgan fingerprint density at radius 2 is 2.00 bits per heavy atom. The maximum atomic E-state index is 10.1. The molecule has 0 aliphatic carbocycles. The zero-order valence-electron chi connectivity index (χ0n) is 5.68. The molecule has 0 heterocycles. The highest BCUT2D eigenvalue weighted by Gasteiger charge is 2.15. The molecule has 0 aromatic carbocycles. The first-order valence-electron chi connectivity index (χ1n) is 2.78. The van der Waals surface area contributed by atoms with Crippen LogP contribution in [0.2, 0.25) is 0 Å². The molecule has 0 aromatic rings. The smallest absolute Gasteiger partial charge is 0.215 e. The van der Waals surface area contributed by atoms with Gasteiger partial charge in [0.1, 0.15) is 4.49 Å². The number of nitrogens with zero attached hydrogens (tertiary/aromatic N) is 1. The topological polar surface area (TPSA) is 43.1 Å². The Kier molecular flexibility index (Phi) is 4.81. The summed E-state index contributed by atoms with van der Waals surface area (Å²) in [6, 6.07) is -0.755. The Labute approximate surface area is 79.1 Å². The van der Waals surface area contributed by atoms with Gasteiger partial charge in [-0.2, -0.15) is 0 Å². The van der Waals surface area contributed by atoms with Crippen molar-refractivity contribution in [1.29, 1.82) is 0 Å². The quantitative estimate of drug-likeness (QED) is 0.540. The van der Waals surface area contributed by atoms with Crippen LogP contribution < -0.4 is 0 Å². The van der Waals surface area contributed by atoms with Gasteiger partial charge in [0.25, 0.3) is 0 Å². The van der Waals surface area contributed by atoms with Gasteiger partial charge in [-0.05, 0) is 0 Å². The van der Waals surface area contributed by atoms with E-state index in [4.69, 9.17) is 34.8 Å². The summed E-state index contributed by atoms with van der Waals surface area (Å²) >= 11 is 16.0. The fourth-order valence-electron chi connectivity index (χ4n) is 0.411. The molecule has 3 nitrogen and oxygen atoms in total. The lowest BCUT2D eigenvalue weighted by atomic mass is 10.2. The molecule has 0 radical (unpaired) electrons. The second-order valence-corrected chi connectivity index (χ2v) is 3.41. The van der Waals surface area contributed by atoms with Crippen molar-refractivity contribution < 1.29 is 4.92 Å². The van der Waals surface area contributed by atoms with Crippen molar-refractivity contribution in [3.63, 3.8) is 0 Å². The summed E-state index contributed by atoms with van der Waals surface area (Å²) in [5, 5.41) is 10.2. The third-order valence-corrected chi connectivity index (χ3v) is 2.03. The molecule has 0 saturated carbocycles. The molecule has 64 valence electrons. The Morgan fingerprint density at radius 1 is 1.55 bits per heavy atom. The van der Waals surface area contributed by atoms with E-state index in [0.717, 1.165) is 0 Å². The third kappa shape index (κ3) is 4.45. The maximum absolute atomic E-state index is 10.1. The van der Waals surface area contributed by atoms with Crippen LogP contribution in [0.1, 0.15) is 13.3 Å². The molecule has 0 aliphatic rings. The van der Waals surface area contributed by atoms with Gasteiger partial charge in [-0.25, -0.2) is 0 Å². The summed E-state index contributed by atoms with van der Waals surface area (Å²) in [4.78, 5) is 9.65. The minimum absolute atomic E-state index is 0.0664. The molecule has 0 fully saturated rings. The van der Waals surface area contributed by atoms with Gasteiger partial charge in [0.15, 0.2) is 0 Å². The molecule has 0 N–H and O–H groups in total. The van der Waals surface area contributed by atoms with E-state index in [1.54, 1.807) is 0 Å². The number of rotatable bonds is 3. The summed E-state index contributed by atoms with van der Waals surface area (Å²) in [5.41, 5.74) is 0. The fourth-order valence-corrected chi connectivity index (χ4v) is 0.789. The third-order valence-electron chi connectivity index (χ3n) is 1.04. The highest BCUT2D eigenvalue weighted by Crippen LogP contribution is 2.22. The average Bonchev–Trinajstić information content (AvgIpc) is 1.87. The van der Waals surface area contributed by atoms with Crippen molar-refractivity contribution in [2.45, 2.75) is 19.4 Å². The molecule has 0 saturated heterocycles. The summed E-state index contributed by atoms with van der Waals surface area (Å²) in [5.74, 6) is 0. The molecule has 1 atom stereocenters. The summed E-state index contributed by atoms with van der Waals surface area (Å²) < 4.78 is -0.111. The molecule has 0 bridgehead atoms. The second kappa shape index (κ2) is 4.80. The minimum Gasteiger partial charge on any atom is -0.264 e. The monoisotopic (exact) mass is 217 g/mol.